The molecule has 0 aliphatic heterocycles. The molecule has 0 radical (unpaired) electrons. The van der Waals surface area contributed by atoms with Crippen LogP contribution < -0.4 is 10.1 Å². The van der Waals surface area contributed by atoms with Gasteiger partial charge in [0.2, 0.25) is 0 Å². The summed E-state index contributed by atoms with van der Waals surface area (Å²) < 4.78 is 5.88. The highest BCUT2D eigenvalue weighted by Gasteiger charge is 2.04. The van der Waals surface area contributed by atoms with Gasteiger partial charge < -0.3 is 10.1 Å². The Labute approximate surface area is 115 Å². The van der Waals surface area contributed by atoms with Gasteiger partial charge in [-0.2, -0.15) is 0 Å². The molecule has 19 heavy (non-hydrogen) atoms. The van der Waals surface area contributed by atoms with E-state index in [2.05, 4.69) is 44.3 Å². The van der Waals surface area contributed by atoms with Gasteiger partial charge in [-0.1, -0.05) is 37.3 Å². The lowest BCUT2D eigenvalue weighted by atomic mass is 10.1. The summed E-state index contributed by atoms with van der Waals surface area (Å²) in [4.78, 5) is 0. The number of hydrogen-bond acceptors (Lipinski definition) is 2. The van der Waals surface area contributed by atoms with E-state index in [1.54, 1.807) is 0 Å². The van der Waals surface area contributed by atoms with Crippen molar-refractivity contribution >= 4 is 0 Å². The van der Waals surface area contributed by atoms with Crippen LogP contribution in [0.25, 0.3) is 0 Å². The van der Waals surface area contributed by atoms with E-state index in [1.165, 1.54) is 5.56 Å². The lowest BCUT2D eigenvalue weighted by molar-refractivity contribution is 0.478. The van der Waals surface area contributed by atoms with Crippen LogP contribution in [-0.2, 0) is 0 Å². The third-order valence-electron chi connectivity index (χ3n) is 3.21. The fourth-order valence-electron chi connectivity index (χ4n) is 2.05. The van der Waals surface area contributed by atoms with Crippen LogP contribution in [0.3, 0.4) is 0 Å². The van der Waals surface area contributed by atoms with Crippen molar-refractivity contribution in [3.8, 4) is 11.5 Å². The number of ether oxygens (including phenoxy) is 1. The summed E-state index contributed by atoms with van der Waals surface area (Å²) in [7, 11) is 0. The number of nitrogens with one attached hydrogen (secondary N) is 1. The zero-order chi connectivity index (χ0) is 13.7. The molecule has 100 valence electrons. The maximum absolute atomic E-state index is 5.88. The minimum atomic E-state index is 0.373. The molecule has 0 heterocycles. The monoisotopic (exact) mass is 255 g/mol. The molecule has 0 amide bonds. The summed E-state index contributed by atoms with van der Waals surface area (Å²) >= 11 is 0. The summed E-state index contributed by atoms with van der Waals surface area (Å²) in [6.45, 7) is 7.31. The lowest BCUT2D eigenvalue weighted by Crippen LogP contribution is -2.17. The first-order valence-electron chi connectivity index (χ1n) is 6.77. The Hall–Kier alpha value is -1.80. The Kier molecular flexibility index (Phi) is 4.58. The Balaban J connectivity index is 2.09. The van der Waals surface area contributed by atoms with Gasteiger partial charge in [0.05, 0.1) is 0 Å². The number of benzene rings is 2. The van der Waals surface area contributed by atoms with E-state index >= 15 is 0 Å². The summed E-state index contributed by atoms with van der Waals surface area (Å²) in [5.74, 6) is 1.79. The fourth-order valence-corrected chi connectivity index (χ4v) is 2.05. The molecule has 0 aliphatic carbocycles. The first-order valence-corrected chi connectivity index (χ1v) is 6.77. The first kappa shape index (κ1) is 13.6. The highest BCUT2D eigenvalue weighted by atomic mass is 16.5. The van der Waals surface area contributed by atoms with E-state index in [0.29, 0.717) is 6.04 Å². The molecular weight excluding hydrogens is 234 g/mol. The molecule has 2 aromatic rings. The zero-order valence-corrected chi connectivity index (χ0v) is 11.8. The molecule has 1 unspecified atom stereocenters. The first-order chi connectivity index (χ1) is 9.20. The summed E-state index contributed by atoms with van der Waals surface area (Å²) in [6.07, 6.45) is 0. The normalized spacial score (nSPS) is 12.2. The van der Waals surface area contributed by atoms with E-state index < -0.39 is 0 Å². The minimum Gasteiger partial charge on any atom is -0.457 e. The number of hydrogen-bond donors (Lipinski definition) is 1. The zero-order valence-electron chi connectivity index (χ0n) is 11.8. The SMILES string of the molecule is CCNC(C)c1ccc(Oc2ccccc2C)cc1. The highest BCUT2D eigenvalue weighted by molar-refractivity contribution is 5.38. The van der Waals surface area contributed by atoms with E-state index in [-0.39, 0.29) is 0 Å². The van der Waals surface area contributed by atoms with Crippen molar-refractivity contribution in [1.29, 1.82) is 0 Å². The summed E-state index contributed by atoms with van der Waals surface area (Å²) in [5, 5.41) is 3.40. The highest BCUT2D eigenvalue weighted by Crippen LogP contribution is 2.25. The second-order valence-corrected chi connectivity index (χ2v) is 4.72. The standard InChI is InChI=1S/C17H21NO/c1-4-18-14(3)15-9-11-16(12-10-15)19-17-8-6-5-7-13(17)2/h5-12,14,18H,4H2,1-3H3. The molecule has 0 spiro atoms. The van der Waals surface area contributed by atoms with Gasteiger partial charge in [0.1, 0.15) is 11.5 Å². The third kappa shape index (κ3) is 3.58. The van der Waals surface area contributed by atoms with Gasteiger partial charge in [0.25, 0.3) is 0 Å². The van der Waals surface area contributed by atoms with Gasteiger partial charge in [-0.3, -0.25) is 0 Å². The van der Waals surface area contributed by atoms with E-state index in [4.69, 9.17) is 4.74 Å². The smallest absolute Gasteiger partial charge is 0.130 e. The number of para-hydroxylation sites is 1. The van der Waals surface area contributed by atoms with E-state index in [9.17, 15) is 0 Å². The predicted molar refractivity (Wildman–Crippen MR) is 79.8 cm³/mol. The Morgan fingerprint density at radius 1 is 1.05 bits per heavy atom. The van der Waals surface area contributed by atoms with Crippen molar-refractivity contribution in [3.63, 3.8) is 0 Å². The molecule has 0 saturated heterocycles. The molecule has 2 heteroatoms. The van der Waals surface area contributed by atoms with Crippen LogP contribution in [0, 0.1) is 6.92 Å². The third-order valence-corrected chi connectivity index (χ3v) is 3.21. The maximum Gasteiger partial charge on any atom is 0.130 e. The molecular formula is C17H21NO. The van der Waals surface area contributed by atoms with Crippen LogP contribution in [0.1, 0.15) is 31.0 Å². The Morgan fingerprint density at radius 3 is 2.37 bits per heavy atom. The van der Waals surface area contributed by atoms with Crippen LogP contribution >= 0.6 is 0 Å². The Morgan fingerprint density at radius 2 is 1.74 bits per heavy atom. The fraction of sp³-hybridized carbons (Fsp3) is 0.294. The van der Waals surface area contributed by atoms with Crippen LogP contribution in [0.4, 0.5) is 0 Å². The molecule has 2 aromatic carbocycles. The van der Waals surface area contributed by atoms with E-state index in [0.717, 1.165) is 23.6 Å². The number of aryl methyl sites for hydroxylation is 1. The maximum atomic E-state index is 5.88. The van der Waals surface area contributed by atoms with Crippen LogP contribution in [0.5, 0.6) is 11.5 Å². The van der Waals surface area contributed by atoms with Crippen molar-refractivity contribution in [2.45, 2.75) is 26.8 Å². The van der Waals surface area contributed by atoms with Gasteiger partial charge in [0, 0.05) is 6.04 Å². The van der Waals surface area contributed by atoms with E-state index in [1.807, 2.05) is 30.3 Å². The summed E-state index contributed by atoms with van der Waals surface area (Å²) in [5.41, 5.74) is 2.42. The van der Waals surface area contributed by atoms with Crippen molar-refractivity contribution in [3.05, 3.63) is 59.7 Å². The Bertz CT molecular complexity index is 519. The van der Waals surface area contributed by atoms with Crippen molar-refractivity contribution in [2.24, 2.45) is 0 Å². The van der Waals surface area contributed by atoms with Crippen LogP contribution in [0.15, 0.2) is 48.5 Å². The van der Waals surface area contributed by atoms with Crippen molar-refractivity contribution in [2.75, 3.05) is 6.54 Å². The average molecular weight is 255 g/mol. The van der Waals surface area contributed by atoms with Crippen LogP contribution in [0.2, 0.25) is 0 Å². The molecule has 0 bridgehead atoms. The van der Waals surface area contributed by atoms with Crippen molar-refractivity contribution < 1.29 is 4.74 Å². The molecule has 1 atom stereocenters. The van der Waals surface area contributed by atoms with Gasteiger partial charge in [-0.25, -0.2) is 0 Å². The molecule has 0 saturated carbocycles. The van der Waals surface area contributed by atoms with Gasteiger partial charge in [-0.15, -0.1) is 0 Å². The predicted octanol–water partition coefficient (Wildman–Crippen LogP) is 4.46. The summed E-state index contributed by atoms with van der Waals surface area (Å²) in [6, 6.07) is 16.7. The largest absolute Gasteiger partial charge is 0.457 e. The van der Waals surface area contributed by atoms with Gasteiger partial charge >= 0.3 is 0 Å². The molecule has 0 fully saturated rings. The van der Waals surface area contributed by atoms with Crippen LogP contribution in [-0.4, -0.2) is 6.54 Å². The number of rotatable bonds is 5. The molecule has 2 nitrogen and oxygen atoms in total. The lowest BCUT2D eigenvalue weighted by Gasteiger charge is -2.14. The van der Waals surface area contributed by atoms with Crippen molar-refractivity contribution in [1.82, 2.24) is 5.32 Å². The van der Waals surface area contributed by atoms with Gasteiger partial charge in [-0.05, 0) is 49.7 Å². The molecule has 0 aliphatic rings. The topological polar surface area (TPSA) is 21.3 Å². The molecule has 2 rings (SSSR count). The molecule has 1 N–H and O–H groups in total. The second kappa shape index (κ2) is 6.39. The average Bonchev–Trinajstić information content (AvgIpc) is 2.42. The molecule has 0 aromatic heterocycles. The second-order valence-electron chi connectivity index (χ2n) is 4.72. The quantitative estimate of drug-likeness (QED) is 0.851. The minimum absolute atomic E-state index is 0.373. The van der Waals surface area contributed by atoms with Gasteiger partial charge in [0.15, 0.2) is 0 Å².